The third-order valence-electron chi connectivity index (χ3n) is 2.44. The fraction of sp³-hybridized carbons (Fsp3) is 0.600. The van der Waals surface area contributed by atoms with Crippen molar-refractivity contribution in [3.63, 3.8) is 0 Å². The summed E-state index contributed by atoms with van der Waals surface area (Å²) in [4.78, 5) is 2.38. The maximum atomic E-state index is 5.36. The van der Waals surface area contributed by atoms with Gasteiger partial charge in [-0.2, -0.15) is 0 Å². The molecule has 2 rings (SSSR count). The zero-order valence-corrected chi connectivity index (χ0v) is 7.90. The van der Waals surface area contributed by atoms with Crippen LogP contribution in [0.15, 0.2) is 22.8 Å². The van der Waals surface area contributed by atoms with E-state index in [4.69, 9.17) is 9.15 Å². The molecular formula is C10H15NO2. The Morgan fingerprint density at radius 3 is 3.23 bits per heavy atom. The summed E-state index contributed by atoms with van der Waals surface area (Å²) in [6.07, 6.45) is 1.72. The number of rotatable bonds is 2. The number of hydrogen-bond donors (Lipinski definition) is 0. The van der Waals surface area contributed by atoms with E-state index >= 15 is 0 Å². The van der Waals surface area contributed by atoms with Crippen molar-refractivity contribution in [3.05, 3.63) is 24.2 Å². The molecule has 1 aromatic rings. The second-order valence-electron chi connectivity index (χ2n) is 3.47. The van der Waals surface area contributed by atoms with Gasteiger partial charge in [-0.3, -0.25) is 4.90 Å². The molecule has 1 atom stereocenters. The van der Waals surface area contributed by atoms with Crippen molar-refractivity contribution < 1.29 is 9.15 Å². The van der Waals surface area contributed by atoms with Crippen LogP contribution in [0.25, 0.3) is 0 Å². The van der Waals surface area contributed by atoms with Crippen molar-refractivity contribution in [1.82, 2.24) is 4.90 Å². The van der Waals surface area contributed by atoms with E-state index < -0.39 is 0 Å². The van der Waals surface area contributed by atoms with Crippen LogP contribution in [-0.4, -0.2) is 30.7 Å². The van der Waals surface area contributed by atoms with E-state index in [2.05, 4.69) is 11.8 Å². The number of nitrogens with zero attached hydrogens (tertiary/aromatic N) is 1. The Morgan fingerprint density at radius 2 is 2.54 bits per heavy atom. The van der Waals surface area contributed by atoms with E-state index in [1.54, 1.807) is 6.26 Å². The van der Waals surface area contributed by atoms with Crippen molar-refractivity contribution in [2.75, 3.05) is 19.8 Å². The van der Waals surface area contributed by atoms with Crippen molar-refractivity contribution in [3.8, 4) is 0 Å². The predicted molar refractivity (Wildman–Crippen MR) is 49.4 cm³/mol. The lowest BCUT2D eigenvalue weighted by Crippen LogP contribution is -2.42. The van der Waals surface area contributed by atoms with Crippen LogP contribution >= 0.6 is 0 Å². The third kappa shape index (κ3) is 2.11. The molecule has 0 bridgehead atoms. The molecule has 1 aliphatic heterocycles. The highest BCUT2D eigenvalue weighted by Crippen LogP contribution is 2.11. The Labute approximate surface area is 78.3 Å². The van der Waals surface area contributed by atoms with Crippen LogP contribution in [0.5, 0.6) is 0 Å². The molecule has 0 radical (unpaired) electrons. The SMILES string of the molecule is C[C@@H]1COCCN1Cc1ccco1. The van der Waals surface area contributed by atoms with Crippen molar-refractivity contribution in [2.24, 2.45) is 0 Å². The summed E-state index contributed by atoms with van der Waals surface area (Å²) in [7, 11) is 0. The lowest BCUT2D eigenvalue weighted by atomic mass is 10.2. The van der Waals surface area contributed by atoms with Crippen molar-refractivity contribution in [1.29, 1.82) is 0 Å². The third-order valence-corrected chi connectivity index (χ3v) is 2.44. The number of ether oxygens (including phenoxy) is 1. The van der Waals surface area contributed by atoms with Gasteiger partial charge in [0.05, 0.1) is 26.0 Å². The topological polar surface area (TPSA) is 25.6 Å². The molecule has 1 aliphatic rings. The Bertz CT molecular complexity index is 245. The smallest absolute Gasteiger partial charge is 0.117 e. The quantitative estimate of drug-likeness (QED) is 0.691. The fourth-order valence-electron chi connectivity index (χ4n) is 1.60. The molecule has 0 aliphatic carbocycles. The molecular weight excluding hydrogens is 166 g/mol. The molecule has 13 heavy (non-hydrogen) atoms. The van der Waals surface area contributed by atoms with E-state index in [1.807, 2.05) is 12.1 Å². The Kier molecular flexibility index (Phi) is 2.66. The molecule has 0 aromatic carbocycles. The summed E-state index contributed by atoms with van der Waals surface area (Å²) in [6.45, 7) is 5.76. The molecule has 0 unspecified atom stereocenters. The lowest BCUT2D eigenvalue weighted by Gasteiger charge is -2.32. The second-order valence-corrected chi connectivity index (χ2v) is 3.47. The minimum Gasteiger partial charge on any atom is -0.468 e. The van der Waals surface area contributed by atoms with E-state index in [0.717, 1.165) is 32.1 Å². The van der Waals surface area contributed by atoms with E-state index in [-0.39, 0.29) is 0 Å². The molecule has 1 aromatic heterocycles. The van der Waals surface area contributed by atoms with Crippen molar-refractivity contribution in [2.45, 2.75) is 19.5 Å². The van der Waals surface area contributed by atoms with Gasteiger partial charge in [-0.15, -0.1) is 0 Å². The predicted octanol–water partition coefficient (Wildman–Crippen LogP) is 1.50. The zero-order valence-electron chi connectivity index (χ0n) is 7.90. The minimum atomic E-state index is 0.499. The summed E-state index contributed by atoms with van der Waals surface area (Å²) in [5.74, 6) is 1.04. The van der Waals surface area contributed by atoms with E-state index in [0.29, 0.717) is 6.04 Å². The van der Waals surface area contributed by atoms with Crippen molar-refractivity contribution >= 4 is 0 Å². The maximum Gasteiger partial charge on any atom is 0.117 e. The Morgan fingerprint density at radius 1 is 1.62 bits per heavy atom. The average Bonchev–Trinajstić information content (AvgIpc) is 2.61. The van der Waals surface area contributed by atoms with Crippen LogP contribution in [0.4, 0.5) is 0 Å². The molecule has 2 heterocycles. The van der Waals surface area contributed by atoms with Crippen LogP contribution < -0.4 is 0 Å². The van der Waals surface area contributed by atoms with Crippen LogP contribution in [0.2, 0.25) is 0 Å². The Balaban J connectivity index is 1.93. The maximum absolute atomic E-state index is 5.36. The van der Waals surface area contributed by atoms with Gasteiger partial charge in [0.25, 0.3) is 0 Å². The molecule has 0 spiro atoms. The molecule has 72 valence electrons. The van der Waals surface area contributed by atoms with Crippen LogP contribution in [0.1, 0.15) is 12.7 Å². The first kappa shape index (κ1) is 8.78. The zero-order chi connectivity index (χ0) is 9.10. The van der Waals surface area contributed by atoms with Gasteiger partial charge in [0.2, 0.25) is 0 Å². The summed E-state index contributed by atoms with van der Waals surface area (Å²) in [6, 6.07) is 4.45. The van der Waals surface area contributed by atoms with Gasteiger partial charge >= 0.3 is 0 Å². The van der Waals surface area contributed by atoms with Gasteiger partial charge in [-0.1, -0.05) is 0 Å². The molecule has 0 N–H and O–H groups in total. The molecule has 3 nitrogen and oxygen atoms in total. The first-order chi connectivity index (χ1) is 6.36. The van der Waals surface area contributed by atoms with Crippen LogP contribution in [0.3, 0.4) is 0 Å². The number of furan rings is 1. The normalized spacial score (nSPS) is 24.8. The first-order valence-corrected chi connectivity index (χ1v) is 4.70. The lowest BCUT2D eigenvalue weighted by molar-refractivity contribution is -0.00708. The fourth-order valence-corrected chi connectivity index (χ4v) is 1.60. The van der Waals surface area contributed by atoms with Gasteiger partial charge in [0.1, 0.15) is 5.76 Å². The highest BCUT2D eigenvalue weighted by molar-refractivity contribution is 4.98. The summed E-state index contributed by atoms with van der Waals surface area (Å²) < 4.78 is 10.7. The Hall–Kier alpha value is -0.800. The van der Waals surface area contributed by atoms with Gasteiger partial charge in [-0.05, 0) is 19.1 Å². The van der Waals surface area contributed by atoms with Gasteiger partial charge in [-0.25, -0.2) is 0 Å². The molecule has 3 heteroatoms. The second kappa shape index (κ2) is 3.94. The van der Waals surface area contributed by atoms with E-state index in [9.17, 15) is 0 Å². The molecule has 1 fully saturated rings. The summed E-state index contributed by atoms with van der Waals surface area (Å²) >= 11 is 0. The monoisotopic (exact) mass is 181 g/mol. The average molecular weight is 181 g/mol. The summed E-state index contributed by atoms with van der Waals surface area (Å²) in [5, 5.41) is 0. The van der Waals surface area contributed by atoms with Crippen LogP contribution in [-0.2, 0) is 11.3 Å². The first-order valence-electron chi connectivity index (χ1n) is 4.70. The molecule has 0 saturated carbocycles. The molecule has 0 amide bonds. The van der Waals surface area contributed by atoms with Gasteiger partial charge in [0.15, 0.2) is 0 Å². The van der Waals surface area contributed by atoms with Gasteiger partial charge < -0.3 is 9.15 Å². The van der Waals surface area contributed by atoms with E-state index in [1.165, 1.54) is 0 Å². The summed E-state index contributed by atoms with van der Waals surface area (Å²) in [5.41, 5.74) is 0. The number of morpholine rings is 1. The van der Waals surface area contributed by atoms with Gasteiger partial charge in [0, 0.05) is 12.6 Å². The number of hydrogen-bond acceptors (Lipinski definition) is 3. The largest absolute Gasteiger partial charge is 0.468 e. The standard InChI is InChI=1S/C10H15NO2/c1-9-8-12-6-4-11(9)7-10-3-2-5-13-10/h2-3,5,9H,4,6-8H2,1H3/t9-/m1/s1. The van der Waals surface area contributed by atoms with Crippen LogP contribution in [0, 0.1) is 0 Å². The highest BCUT2D eigenvalue weighted by Gasteiger charge is 2.19. The minimum absolute atomic E-state index is 0.499. The molecule has 1 saturated heterocycles. The highest BCUT2D eigenvalue weighted by atomic mass is 16.5.